The molecule has 29 heavy (non-hydrogen) atoms. The molecule has 0 saturated carbocycles. The van der Waals surface area contributed by atoms with E-state index in [1.807, 2.05) is 18.2 Å². The molecule has 0 radical (unpaired) electrons. The Morgan fingerprint density at radius 3 is 2.62 bits per heavy atom. The summed E-state index contributed by atoms with van der Waals surface area (Å²) in [5, 5.41) is 8.39. The van der Waals surface area contributed by atoms with Crippen LogP contribution in [0.2, 0.25) is 10.0 Å². The highest BCUT2D eigenvalue weighted by Gasteiger charge is 2.37. The third-order valence-electron chi connectivity index (χ3n) is 5.45. The van der Waals surface area contributed by atoms with Crippen LogP contribution in [-0.4, -0.2) is 32.7 Å². The van der Waals surface area contributed by atoms with Crippen molar-refractivity contribution in [3.05, 3.63) is 81.9 Å². The molecule has 1 N–H and O–H groups in total. The molecular formula is C22H24Cl2N4O. The number of likely N-dealkylation sites (tertiary alicyclic amines) is 1. The van der Waals surface area contributed by atoms with Crippen LogP contribution in [0.4, 0.5) is 0 Å². The Hall–Kier alpha value is -1.92. The molecule has 3 aromatic rings. The standard InChI is InChI=1S/C22H24Cl2N4O/c1-15(22-25-14-26-27-22)28-9-5-8-20(21(28)17-6-3-2-4-7-17)29-13-16-10-18(23)12-19(24)11-16/h2-4,6-7,10-12,14-15,20-21H,5,8-9,13H2,1H3,(H,25,26,27). The second kappa shape index (κ2) is 9.26. The highest BCUT2D eigenvalue weighted by molar-refractivity contribution is 6.34. The average Bonchev–Trinajstić information content (AvgIpc) is 3.26. The molecule has 152 valence electrons. The van der Waals surface area contributed by atoms with Gasteiger partial charge in [0.2, 0.25) is 0 Å². The number of rotatable bonds is 6. The first kappa shape index (κ1) is 20.4. The smallest absolute Gasteiger partial charge is 0.167 e. The molecule has 0 spiro atoms. The molecule has 1 fully saturated rings. The summed E-state index contributed by atoms with van der Waals surface area (Å²) in [4.78, 5) is 6.82. The van der Waals surface area contributed by atoms with Gasteiger partial charge >= 0.3 is 0 Å². The first-order chi connectivity index (χ1) is 14.1. The lowest BCUT2D eigenvalue weighted by Crippen LogP contribution is -2.44. The second-order valence-electron chi connectivity index (χ2n) is 7.40. The molecule has 2 heterocycles. The zero-order chi connectivity index (χ0) is 20.2. The molecule has 0 amide bonds. The van der Waals surface area contributed by atoms with E-state index in [0.29, 0.717) is 16.7 Å². The summed E-state index contributed by atoms with van der Waals surface area (Å²) in [6.45, 7) is 3.59. The van der Waals surface area contributed by atoms with Crippen molar-refractivity contribution in [2.45, 2.75) is 44.6 Å². The number of hydrogen-bond donors (Lipinski definition) is 1. The molecule has 1 aliphatic rings. The lowest BCUT2D eigenvalue weighted by atomic mass is 9.90. The number of halogens is 2. The van der Waals surface area contributed by atoms with Crippen LogP contribution < -0.4 is 0 Å². The quantitative estimate of drug-likeness (QED) is 0.553. The Bertz CT molecular complexity index is 900. The summed E-state index contributed by atoms with van der Waals surface area (Å²) in [5.41, 5.74) is 2.22. The van der Waals surface area contributed by atoms with Crippen LogP contribution in [0.5, 0.6) is 0 Å². The van der Waals surface area contributed by atoms with Gasteiger partial charge in [-0.2, -0.15) is 5.10 Å². The fourth-order valence-electron chi connectivity index (χ4n) is 4.12. The summed E-state index contributed by atoms with van der Waals surface area (Å²) < 4.78 is 6.44. The Kier molecular flexibility index (Phi) is 6.50. The van der Waals surface area contributed by atoms with Crippen LogP contribution >= 0.6 is 23.2 Å². The van der Waals surface area contributed by atoms with Gasteiger partial charge in [0.15, 0.2) is 5.82 Å². The molecule has 5 nitrogen and oxygen atoms in total. The molecule has 4 rings (SSSR count). The lowest BCUT2D eigenvalue weighted by Gasteiger charge is -2.43. The van der Waals surface area contributed by atoms with Gasteiger partial charge in [0.1, 0.15) is 6.33 Å². The van der Waals surface area contributed by atoms with Crippen LogP contribution in [0.1, 0.15) is 48.8 Å². The number of nitrogens with zero attached hydrogens (tertiary/aromatic N) is 3. The largest absolute Gasteiger partial charge is 0.372 e. The van der Waals surface area contributed by atoms with Crippen LogP contribution in [0.15, 0.2) is 54.9 Å². The molecular weight excluding hydrogens is 407 g/mol. The van der Waals surface area contributed by atoms with Gasteiger partial charge in [0.05, 0.1) is 24.8 Å². The topological polar surface area (TPSA) is 54.0 Å². The summed E-state index contributed by atoms with van der Waals surface area (Å²) in [6.07, 6.45) is 3.72. The van der Waals surface area contributed by atoms with E-state index in [1.54, 1.807) is 12.4 Å². The van der Waals surface area contributed by atoms with Gasteiger partial charge in [0.25, 0.3) is 0 Å². The maximum Gasteiger partial charge on any atom is 0.167 e. The highest BCUT2D eigenvalue weighted by atomic mass is 35.5. The van der Waals surface area contributed by atoms with E-state index in [1.165, 1.54) is 5.56 Å². The number of hydrogen-bond acceptors (Lipinski definition) is 4. The fourth-order valence-corrected chi connectivity index (χ4v) is 4.69. The van der Waals surface area contributed by atoms with E-state index >= 15 is 0 Å². The van der Waals surface area contributed by atoms with Crippen molar-refractivity contribution in [2.75, 3.05) is 6.54 Å². The van der Waals surface area contributed by atoms with Gasteiger partial charge in [0, 0.05) is 10.0 Å². The Balaban J connectivity index is 1.59. The maximum absolute atomic E-state index is 6.44. The third-order valence-corrected chi connectivity index (χ3v) is 5.88. The monoisotopic (exact) mass is 430 g/mol. The third kappa shape index (κ3) is 4.81. The van der Waals surface area contributed by atoms with Gasteiger partial charge in [-0.1, -0.05) is 53.5 Å². The summed E-state index contributed by atoms with van der Waals surface area (Å²) >= 11 is 12.3. The lowest BCUT2D eigenvalue weighted by molar-refractivity contribution is -0.0655. The van der Waals surface area contributed by atoms with Crippen LogP contribution in [0, 0.1) is 0 Å². The number of nitrogens with one attached hydrogen (secondary N) is 1. The van der Waals surface area contributed by atoms with Crippen LogP contribution in [-0.2, 0) is 11.3 Å². The highest BCUT2D eigenvalue weighted by Crippen LogP contribution is 2.38. The SMILES string of the molecule is CC(c1nc[nH]n1)N1CCCC(OCc2cc(Cl)cc(Cl)c2)C1c1ccccc1. The minimum atomic E-state index is 0.0466. The molecule has 1 saturated heterocycles. The average molecular weight is 431 g/mol. The number of aromatic nitrogens is 3. The normalized spacial score (nSPS) is 21.2. The number of aromatic amines is 1. The minimum absolute atomic E-state index is 0.0466. The van der Waals surface area contributed by atoms with E-state index in [9.17, 15) is 0 Å². The first-order valence-corrected chi connectivity index (χ1v) is 10.6. The van der Waals surface area contributed by atoms with Gasteiger partial charge < -0.3 is 4.74 Å². The second-order valence-corrected chi connectivity index (χ2v) is 8.27. The zero-order valence-corrected chi connectivity index (χ0v) is 17.8. The summed E-state index contributed by atoms with van der Waals surface area (Å²) in [7, 11) is 0. The van der Waals surface area contributed by atoms with Crippen LogP contribution in [0.3, 0.4) is 0 Å². The van der Waals surface area contributed by atoms with Crippen molar-refractivity contribution in [1.29, 1.82) is 0 Å². The van der Waals surface area contributed by atoms with Crippen molar-refractivity contribution >= 4 is 23.2 Å². The van der Waals surface area contributed by atoms with Crippen molar-refractivity contribution in [3.63, 3.8) is 0 Å². The number of H-pyrrole nitrogens is 1. The molecule has 0 aliphatic carbocycles. The van der Waals surface area contributed by atoms with E-state index in [2.05, 4.69) is 51.3 Å². The molecule has 2 aromatic carbocycles. The summed E-state index contributed by atoms with van der Waals surface area (Å²) in [5.74, 6) is 0.799. The van der Waals surface area contributed by atoms with E-state index in [0.717, 1.165) is 30.8 Å². The number of piperidine rings is 1. The minimum Gasteiger partial charge on any atom is -0.372 e. The van der Waals surface area contributed by atoms with Crippen LogP contribution in [0.25, 0.3) is 0 Å². The molecule has 1 aromatic heterocycles. The van der Waals surface area contributed by atoms with Gasteiger partial charge in [-0.05, 0) is 55.6 Å². The molecule has 0 bridgehead atoms. The van der Waals surface area contributed by atoms with Crippen molar-refractivity contribution in [1.82, 2.24) is 20.1 Å². The molecule has 3 unspecified atom stereocenters. The van der Waals surface area contributed by atoms with E-state index < -0.39 is 0 Å². The molecule has 3 atom stereocenters. The zero-order valence-electron chi connectivity index (χ0n) is 16.3. The van der Waals surface area contributed by atoms with Crippen molar-refractivity contribution < 1.29 is 4.74 Å². The van der Waals surface area contributed by atoms with Gasteiger partial charge in [-0.3, -0.25) is 10.00 Å². The molecule has 1 aliphatic heterocycles. The number of ether oxygens (including phenoxy) is 1. The number of benzene rings is 2. The van der Waals surface area contributed by atoms with Crippen molar-refractivity contribution in [2.24, 2.45) is 0 Å². The maximum atomic E-state index is 6.44. The predicted octanol–water partition coefficient (Wildman–Crippen LogP) is 5.60. The van der Waals surface area contributed by atoms with Gasteiger partial charge in [-0.15, -0.1) is 0 Å². The van der Waals surface area contributed by atoms with Gasteiger partial charge in [-0.25, -0.2) is 4.98 Å². The Labute approximate surface area is 181 Å². The Morgan fingerprint density at radius 2 is 1.93 bits per heavy atom. The van der Waals surface area contributed by atoms with Crippen molar-refractivity contribution in [3.8, 4) is 0 Å². The first-order valence-electron chi connectivity index (χ1n) is 9.85. The van der Waals surface area contributed by atoms with E-state index in [-0.39, 0.29) is 18.2 Å². The Morgan fingerprint density at radius 1 is 1.17 bits per heavy atom. The van der Waals surface area contributed by atoms with E-state index in [4.69, 9.17) is 27.9 Å². The molecule has 7 heteroatoms. The fraction of sp³-hybridized carbons (Fsp3) is 0.364. The predicted molar refractivity (Wildman–Crippen MR) is 115 cm³/mol. The summed E-state index contributed by atoms with van der Waals surface area (Å²) in [6, 6.07) is 16.3.